The molecule has 0 aliphatic heterocycles. The Morgan fingerprint density at radius 1 is 1.10 bits per heavy atom. The summed E-state index contributed by atoms with van der Waals surface area (Å²) in [7, 11) is 1.55. The van der Waals surface area contributed by atoms with Gasteiger partial charge in [-0.2, -0.15) is 0 Å². The second-order valence-electron chi connectivity index (χ2n) is 5.40. The molecule has 0 amide bonds. The van der Waals surface area contributed by atoms with E-state index in [4.69, 9.17) is 4.74 Å². The van der Waals surface area contributed by atoms with E-state index in [1.54, 1.807) is 13.2 Å². The monoisotopic (exact) mass is 280 g/mol. The van der Waals surface area contributed by atoms with Crippen LogP contribution >= 0.6 is 0 Å². The van der Waals surface area contributed by atoms with Crippen molar-refractivity contribution in [1.29, 1.82) is 0 Å². The first-order valence-corrected chi connectivity index (χ1v) is 7.71. The van der Waals surface area contributed by atoms with E-state index in [0.29, 0.717) is 5.75 Å². The van der Waals surface area contributed by atoms with Crippen LogP contribution in [0.15, 0.2) is 18.2 Å². The molecule has 3 heteroatoms. The molecule has 0 unspecified atom stereocenters. The van der Waals surface area contributed by atoms with Crippen molar-refractivity contribution in [1.82, 2.24) is 0 Å². The Morgan fingerprint density at radius 3 is 2.55 bits per heavy atom. The number of ether oxygens (including phenoxy) is 1. The molecule has 0 heterocycles. The third-order valence-electron chi connectivity index (χ3n) is 3.65. The van der Waals surface area contributed by atoms with Crippen LogP contribution in [0.2, 0.25) is 0 Å². The van der Waals surface area contributed by atoms with Crippen LogP contribution in [-0.4, -0.2) is 23.4 Å². The number of phenols is 1. The summed E-state index contributed by atoms with van der Waals surface area (Å²) in [5, 5.41) is 19.5. The van der Waals surface area contributed by atoms with E-state index in [2.05, 4.69) is 6.92 Å². The van der Waals surface area contributed by atoms with Crippen LogP contribution in [0.5, 0.6) is 11.5 Å². The van der Waals surface area contributed by atoms with E-state index >= 15 is 0 Å². The normalized spacial score (nSPS) is 12.3. The lowest BCUT2D eigenvalue weighted by Gasteiger charge is -2.11. The van der Waals surface area contributed by atoms with Crippen LogP contribution in [0.3, 0.4) is 0 Å². The number of aliphatic hydroxyl groups is 1. The number of methoxy groups -OCH3 is 1. The zero-order chi connectivity index (χ0) is 14.8. The van der Waals surface area contributed by atoms with Gasteiger partial charge in [-0.15, -0.1) is 0 Å². The van der Waals surface area contributed by atoms with Crippen LogP contribution < -0.4 is 4.74 Å². The van der Waals surface area contributed by atoms with Gasteiger partial charge < -0.3 is 14.9 Å². The van der Waals surface area contributed by atoms with Gasteiger partial charge in [-0.25, -0.2) is 0 Å². The number of aliphatic hydroxyl groups excluding tert-OH is 1. The van der Waals surface area contributed by atoms with Gasteiger partial charge in [-0.3, -0.25) is 0 Å². The topological polar surface area (TPSA) is 49.7 Å². The molecule has 1 atom stereocenters. The molecule has 3 nitrogen and oxygen atoms in total. The quantitative estimate of drug-likeness (QED) is 0.636. The van der Waals surface area contributed by atoms with Crippen molar-refractivity contribution in [2.24, 2.45) is 0 Å². The second-order valence-corrected chi connectivity index (χ2v) is 5.40. The third kappa shape index (κ3) is 6.29. The molecule has 1 rings (SSSR count). The first-order chi connectivity index (χ1) is 9.67. The third-order valence-corrected chi connectivity index (χ3v) is 3.65. The van der Waals surface area contributed by atoms with Gasteiger partial charge in [-0.1, -0.05) is 45.1 Å². The van der Waals surface area contributed by atoms with E-state index < -0.39 is 0 Å². The molecule has 1 aromatic carbocycles. The van der Waals surface area contributed by atoms with Gasteiger partial charge in [0.15, 0.2) is 11.5 Å². The van der Waals surface area contributed by atoms with E-state index in [1.165, 1.54) is 25.7 Å². The van der Waals surface area contributed by atoms with Gasteiger partial charge in [0.1, 0.15) is 0 Å². The van der Waals surface area contributed by atoms with Crippen LogP contribution in [-0.2, 0) is 6.42 Å². The molecule has 0 saturated heterocycles. The number of hydrogen-bond acceptors (Lipinski definition) is 3. The van der Waals surface area contributed by atoms with Crippen molar-refractivity contribution < 1.29 is 14.9 Å². The Balaban J connectivity index is 2.25. The zero-order valence-corrected chi connectivity index (χ0v) is 12.8. The Kier molecular flexibility index (Phi) is 8.12. The number of benzene rings is 1. The minimum Gasteiger partial charge on any atom is -0.504 e. The van der Waals surface area contributed by atoms with Gasteiger partial charge >= 0.3 is 0 Å². The summed E-state index contributed by atoms with van der Waals surface area (Å²) in [6, 6.07) is 5.36. The first kappa shape index (κ1) is 16.8. The average Bonchev–Trinajstić information content (AvgIpc) is 2.46. The van der Waals surface area contributed by atoms with Gasteiger partial charge in [-0.05, 0) is 37.0 Å². The van der Waals surface area contributed by atoms with Crippen molar-refractivity contribution in [3.05, 3.63) is 23.8 Å². The van der Waals surface area contributed by atoms with Gasteiger partial charge in [0.2, 0.25) is 0 Å². The van der Waals surface area contributed by atoms with Crippen LogP contribution in [0.4, 0.5) is 0 Å². The maximum absolute atomic E-state index is 9.97. The lowest BCUT2D eigenvalue weighted by molar-refractivity contribution is 0.151. The molecule has 0 aromatic heterocycles. The molecule has 0 radical (unpaired) electrons. The average molecular weight is 280 g/mol. The van der Waals surface area contributed by atoms with E-state index in [0.717, 1.165) is 31.2 Å². The number of phenolic OH excluding ortho intramolecular Hbond substituents is 1. The maximum atomic E-state index is 9.97. The Bertz CT molecular complexity index is 376. The van der Waals surface area contributed by atoms with Crippen LogP contribution in [0.25, 0.3) is 0 Å². The van der Waals surface area contributed by atoms with Crippen LogP contribution in [0.1, 0.15) is 57.4 Å². The summed E-state index contributed by atoms with van der Waals surface area (Å²) in [4.78, 5) is 0. The van der Waals surface area contributed by atoms with Crippen LogP contribution in [0, 0.1) is 0 Å². The first-order valence-electron chi connectivity index (χ1n) is 7.71. The molecule has 1 aromatic rings. The van der Waals surface area contributed by atoms with Crippen molar-refractivity contribution in [2.45, 2.75) is 64.4 Å². The van der Waals surface area contributed by atoms with Gasteiger partial charge in [0.05, 0.1) is 13.2 Å². The highest BCUT2D eigenvalue weighted by Crippen LogP contribution is 2.27. The summed E-state index contributed by atoms with van der Waals surface area (Å²) in [6.07, 6.45) is 8.40. The molecule has 20 heavy (non-hydrogen) atoms. The maximum Gasteiger partial charge on any atom is 0.160 e. The number of aromatic hydroxyl groups is 1. The number of rotatable bonds is 10. The van der Waals surface area contributed by atoms with Crippen molar-refractivity contribution in [3.63, 3.8) is 0 Å². The standard InChI is InChI=1S/C17H28O3/c1-3-4-5-6-7-8-15(18)11-9-14-10-12-16(19)17(13-14)20-2/h10,12-13,15,18-19H,3-9,11H2,1-2H3/t15-/m0/s1. The second kappa shape index (κ2) is 9.65. The van der Waals surface area contributed by atoms with Crippen molar-refractivity contribution in [2.75, 3.05) is 7.11 Å². The lowest BCUT2D eigenvalue weighted by Crippen LogP contribution is -2.07. The molecule has 0 fully saturated rings. The fourth-order valence-corrected chi connectivity index (χ4v) is 2.34. The molecular weight excluding hydrogens is 252 g/mol. The van der Waals surface area contributed by atoms with E-state index in [9.17, 15) is 10.2 Å². The summed E-state index contributed by atoms with van der Waals surface area (Å²) >= 11 is 0. The summed E-state index contributed by atoms with van der Waals surface area (Å²) in [6.45, 7) is 2.21. The largest absolute Gasteiger partial charge is 0.504 e. The Labute approximate surface area is 122 Å². The Morgan fingerprint density at radius 2 is 1.85 bits per heavy atom. The van der Waals surface area contributed by atoms with E-state index in [-0.39, 0.29) is 11.9 Å². The smallest absolute Gasteiger partial charge is 0.160 e. The predicted octanol–water partition coefficient (Wildman–Crippen LogP) is 4.05. The van der Waals surface area contributed by atoms with Crippen molar-refractivity contribution in [3.8, 4) is 11.5 Å². The molecule has 0 spiro atoms. The fraction of sp³-hybridized carbons (Fsp3) is 0.647. The number of unbranched alkanes of at least 4 members (excludes halogenated alkanes) is 4. The number of aryl methyl sites for hydroxylation is 1. The zero-order valence-electron chi connectivity index (χ0n) is 12.8. The Hall–Kier alpha value is -1.22. The highest BCUT2D eigenvalue weighted by molar-refractivity contribution is 5.41. The summed E-state index contributed by atoms with van der Waals surface area (Å²) in [5.41, 5.74) is 1.09. The molecule has 2 N–H and O–H groups in total. The van der Waals surface area contributed by atoms with Crippen molar-refractivity contribution >= 4 is 0 Å². The minimum atomic E-state index is -0.226. The summed E-state index contributed by atoms with van der Waals surface area (Å²) < 4.78 is 5.08. The van der Waals surface area contributed by atoms with E-state index in [1.807, 2.05) is 12.1 Å². The molecule has 0 aliphatic rings. The molecule has 0 saturated carbocycles. The fourth-order valence-electron chi connectivity index (χ4n) is 2.34. The van der Waals surface area contributed by atoms with Gasteiger partial charge in [0, 0.05) is 0 Å². The predicted molar refractivity (Wildman–Crippen MR) is 82.4 cm³/mol. The highest BCUT2D eigenvalue weighted by atomic mass is 16.5. The minimum absolute atomic E-state index is 0.160. The number of hydrogen-bond donors (Lipinski definition) is 2. The SMILES string of the molecule is CCCCCCC[C@H](O)CCc1ccc(O)c(OC)c1. The lowest BCUT2D eigenvalue weighted by atomic mass is 10.0. The van der Waals surface area contributed by atoms with Gasteiger partial charge in [0.25, 0.3) is 0 Å². The summed E-state index contributed by atoms with van der Waals surface area (Å²) in [5.74, 6) is 0.657. The molecule has 0 bridgehead atoms. The highest BCUT2D eigenvalue weighted by Gasteiger charge is 2.07. The molecular formula is C17H28O3. The molecule has 0 aliphatic carbocycles. The molecule has 114 valence electrons.